The van der Waals surface area contributed by atoms with Gasteiger partial charge in [-0.1, -0.05) is 12.8 Å². The fourth-order valence-electron chi connectivity index (χ4n) is 2.41. The predicted molar refractivity (Wildman–Crippen MR) is 69.0 cm³/mol. The standard InChI is InChI=1S/C12H23NO2S/c1-16-8-4-7-13-9-10-5-2-3-6-11(10)12(14)15/h10-11,13H,2-9H2,1H3,(H,14,15). The summed E-state index contributed by atoms with van der Waals surface area (Å²) in [5, 5.41) is 12.5. The van der Waals surface area contributed by atoms with Crippen molar-refractivity contribution >= 4 is 17.7 Å². The summed E-state index contributed by atoms with van der Waals surface area (Å²) in [5.41, 5.74) is 0. The van der Waals surface area contributed by atoms with Crippen molar-refractivity contribution in [1.82, 2.24) is 5.32 Å². The topological polar surface area (TPSA) is 49.3 Å². The third kappa shape index (κ3) is 4.74. The molecule has 0 saturated heterocycles. The highest BCUT2D eigenvalue weighted by atomic mass is 32.2. The normalized spacial score (nSPS) is 25.6. The van der Waals surface area contributed by atoms with Crippen molar-refractivity contribution in [3.63, 3.8) is 0 Å². The third-order valence-corrected chi connectivity index (χ3v) is 4.03. The Morgan fingerprint density at radius 3 is 2.88 bits per heavy atom. The third-order valence-electron chi connectivity index (χ3n) is 3.33. The van der Waals surface area contributed by atoms with Crippen LogP contribution in [0, 0.1) is 11.8 Å². The van der Waals surface area contributed by atoms with E-state index in [1.807, 2.05) is 11.8 Å². The highest BCUT2D eigenvalue weighted by molar-refractivity contribution is 7.98. The summed E-state index contributed by atoms with van der Waals surface area (Å²) in [5.74, 6) is 0.818. The van der Waals surface area contributed by atoms with Crippen LogP contribution >= 0.6 is 11.8 Å². The molecule has 1 aliphatic rings. The van der Waals surface area contributed by atoms with Gasteiger partial charge in [-0.15, -0.1) is 0 Å². The van der Waals surface area contributed by atoms with Gasteiger partial charge >= 0.3 is 5.97 Å². The number of rotatable bonds is 7. The lowest BCUT2D eigenvalue weighted by Crippen LogP contribution is -2.35. The van der Waals surface area contributed by atoms with Crippen LogP contribution in [0.3, 0.4) is 0 Å². The Morgan fingerprint density at radius 1 is 1.44 bits per heavy atom. The SMILES string of the molecule is CSCCCNCC1CCCCC1C(=O)O. The lowest BCUT2D eigenvalue weighted by atomic mass is 9.79. The molecule has 0 bridgehead atoms. The molecule has 0 radical (unpaired) electrons. The highest BCUT2D eigenvalue weighted by Gasteiger charge is 2.30. The van der Waals surface area contributed by atoms with Crippen molar-refractivity contribution in [3.05, 3.63) is 0 Å². The van der Waals surface area contributed by atoms with Gasteiger partial charge < -0.3 is 10.4 Å². The van der Waals surface area contributed by atoms with E-state index in [-0.39, 0.29) is 5.92 Å². The molecule has 16 heavy (non-hydrogen) atoms. The molecule has 1 fully saturated rings. The fourth-order valence-corrected chi connectivity index (χ4v) is 2.84. The number of carboxylic acids is 1. The first-order valence-corrected chi connectivity index (χ1v) is 7.57. The molecular weight excluding hydrogens is 222 g/mol. The van der Waals surface area contributed by atoms with Crippen LogP contribution in [-0.2, 0) is 4.79 Å². The summed E-state index contributed by atoms with van der Waals surface area (Å²) in [6.45, 7) is 1.90. The molecule has 1 rings (SSSR count). The largest absolute Gasteiger partial charge is 0.481 e. The number of carboxylic acid groups (broad SMARTS) is 1. The zero-order valence-electron chi connectivity index (χ0n) is 10.1. The average molecular weight is 245 g/mol. The quantitative estimate of drug-likeness (QED) is 0.675. The molecular formula is C12H23NO2S. The van der Waals surface area contributed by atoms with Crippen LogP contribution in [-0.4, -0.2) is 36.2 Å². The zero-order valence-corrected chi connectivity index (χ0v) is 10.9. The molecule has 0 aromatic carbocycles. The molecule has 2 unspecified atom stereocenters. The average Bonchev–Trinajstić information content (AvgIpc) is 2.29. The number of hydrogen-bond acceptors (Lipinski definition) is 3. The molecule has 1 saturated carbocycles. The molecule has 94 valence electrons. The van der Waals surface area contributed by atoms with Gasteiger partial charge in [0, 0.05) is 0 Å². The summed E-state index contributed by atoms with van der Waals surface area (Å²) in [6.07, 6.45) is 7.51. The molecule has 0 aliphatic heterocycles. The van der Waals surface area contributed by atoms with Crippen LogP contribution in [0.15, 0.2) is 0 Å². The Kier molecular flexibility index (Phi) is 6.88. The molecule has 3 nitrogen and oxygen atoms in total. The zero-order chi connectivity index (χ0) is 11.8. The second-order valence-electron chi connectivity index (χ2n) is 4.54. The van der Waals surface area contributed by atoms with Gasteiger partial charge in [-0.2, -0.15) is 11.8 Å². The minimum atomic E-state index is -0.601. The van der Waals surface area contributed by atoms with Gasteiger partial charge in [-0.25, -0.2) is 0 Å². The molecule has 2 atom stereocenters. The van der Waals surface area contributed by atoms with E-state index in [0.717, 1.165) is 32.4 Å². The van der Waals surface area contributed by atoms with Crippen LogP contribution < -0.4 is 5.32 Å². The lowest BCUT2D eigenvalue weighted by Gasteiger charge is -2.28. The van der Waals surface area contributed by atoms with E-state index in [1.165, 1.54) is 18.6 Å². The van der Waals surface area contributed by atoms with Crippen molar-refractivity contribution in [2.45, 2.75) is 32.1 Å². The summed E-state index contributed by atoms with van der Waals surface area (Å²) >= 11 is 1.86. The summed E-state index contributed by atoms with van der Waals surface area (Å²) in [7, 11) is 0. The Morgan fingerprint density at radius 2 is 2.19 bits per heavy atom. The first-order valence-electron chi connectivity index (χ1n) is 6.18. The smallest absolute Gasteiger partial charge is 0.306 e. The van der Waals surface area contributed by atoms with E-state index in [4.69, 9.17) is 5.11 Å². The van der Waals surface area contributed by atoms with E-state index >= 15 is 0 Å². The first-order chi connectivity index (χ1) is 7.75. The van der Waals surface area contributed by atoms with Crippen molar-refractivity contribution in [2.75, 3.05) is 25.1 Å². The maximum Gasteiger partial charge on any atom is 0.306 e. The molecule has 4 heteroatoms. The van der Waals surface area contributed by atoms with Crippen LogP contribution in [0.5, 0.6) is 0 Å². The van der Waals surface area contributed by atoms with Crippen molar-refractivity contribution in [1.29, 1.82) is 0 Å². The van der Waals surface area contributed by atoms with E-state index < -0.39 is 5.97 Å². The van der Waals surface area contributed by atoms with Crippen molar-refractivity contribution in [2.24, 2.45) is 11.8 Å². The van der Waals surface area contributed by atoms with E-state index in [9.17, 15) is 4.79 Å². The molecule has 2 N–H and O–H groups in total. The molecule has 0 aromatic heterocycles. The summed E-state index contributed by atoms with van der Waals surface area (Å²) in [4.78, 5) is 11.1. The number of thioether (sulfide) groups is 1. The van der Waals surface area contributed by atoms with E-state index in [2.05, 4.69) is 11.6 Å². The molecule has 0 aromatic rings. The first kappa shape index (κ1) is 13.8. The lowest BCUT2D eigenvalue weighted by molar-refractivity contribution is -0.144. The fraction of sp³-hybridized carbons (Fsp3) is 0.917. The Bertz CT molecular complexity index is 211. The van der Waals surface area contributed by atoms with Gasteiger partial charge in [0.2, 0.25) is 0 Å². The minimum absolute atomic E-state index is 0.109. The Hall–Kier alpha value is -0.220. The van der Waals surface area contributed by atoms with Crippen LogP contribution in [0.25, 0.3) is 0 Å². The highest BCUT2D eigenvalue weighted by Crippen LogP contribution is 2.29. The molecule has 1 aliphatic carbocycles. The maximum absolute atomic E-state index is 11.1. The Balaban J connectivity index is 2.19. The number of carbonyl (C=O) groups is 1. The predicted octanol–water partition coefficient (Wildman–Crippen LogP) is 2.22. The van der Waals surface area contributed by atoms with Crippen LogP contribution in [0.1, 0.15) is 32.1 Å². The molecule has 0 heterocycles. The second kappa shape index (κ2) is 7.96. The van der Waals surface area contributed by atoms with Crippen molar-refractivity contribution in [3.8, 4) is 0 Å². The maximum atomic E-state index is 11.1. The minimum Gasteiger partial charge on any atom is -0.481 e. The van der Waals surface area contributed by atoms with Crippen LogP contribution in [0.2, 0.25) is 0 Å². The van der Waals surface area contributed by atoms with Gasteiger partial charge in [0.25, 0.3) is 0 Å². The van der Waals surface area contributed by atoms with E-state index in [0.29, 0.717) is 5.92 Å². The van der Waals surface area contributed by atoms with Gasteiger partial charge in [-0.3, -0.25) is 4.79 Å². The van der Waals surface area contributed by atoms with Gasteiger partial charge in [-0.05, 0) is 50.3 Å². The van der Waals surface area contributed by atoms with Gasteiger partial charge in [0.15, 0.2) is 0 Å². The number of hydrogen-bond donors (Lipinski definition) is 2. The van der Waals surface area contributed by atoms with Gasteiger partial charge in [0.1, 0.15) is 0 Å². The monoisotopic (exact) mass is 245 g/mol. The number of nitrogens with one attached hydrogen (secondary N) is 1. The van der Waals surface area contributed by atoms with Crippen LogP contribution in [0.4, 0.5) is 0 Å². The molecule has 0 spiro atoms. The Labute approximate surface area is 102 Å². The second-order valence-corrected chi connectivity index (χ2v) is 5.53. The summed E-state index contributed by atoms with van der Waals surface area (Å²) < 4.78 is 0. The summed E-state index contributed by atoms with van der Waals surface area (Å²) in [6, 6.07) is 0. The van der Waals surface area contributed by atoms with Crippen molar-refractivity contribution < 1.29 is 9.90 Å². The number of aliphatic carboxylic acids is 1. The van der Waals surface area contributed by atoms with E-state index in [1.54, 1.807) is 0 Å². The molecule has 0 amide bonds. The van der Waals surface area contributed by atoms with Gasteiger partial charge in [0.05, 0.1) is 5.92 Å².